The molecule has 1 aromatic heterocycles. The van der Waals surface area contributed by atoms with Crippen molar-refractivity contribution in [2.24, 2.45) is 0 Å². The zero-order valence-corrected chi connectivity index (χ0v) is 10.2. The van der Waals surface area contributed by atoms with E-state index in [0.29, 0.717) is 18.7 Å². The summed E-state index contributed by atoms with van der Waals surface area (Å²) in [5, 5.41) is 23.9. The van der Waals surface area contributed by atoms with Gasteiger partial charge in [0.25, 0.3) is 0 Å². The van der Waals surface area contributed by atoms with Gasteiger partial charge in [-0.1, -0.05) is 18.2 Å². The van der Waals surface area contributed by atoms with Gasteiger partial charge in [-0.3, -0.25) is 4.79 Å². The number of aromatic nitrogens is 1. The topological polar surface area (TPSA) is 77.3 Å². The van der Waals surface area contributed by atoms with E-state index in [1.54, 1.807) is 0 Å². The second-order valence-corrected chi connectivity index (χ2v) is 4.59. The third kappa shape index (κ3) is 1.93. The van der Waals surface area contributed by atoms with Gasteiger partial charge in [0.05, 0.1) is 6.54 Å². The van der Waals surface area contributed by atoms with Gasteiger partial charge in [-0.15, -0.1) is 0 Å². The van der Waals surface area contributed by atoms with Crippen LogP contribution in [0.1, 0.15) is 17.7 Å². The van der Waals surface area contributed by atoms with Gasteiger partial charge in [0.2, 0.25) is 0 Å². The fourth-order valence-electron chi connectivity index (χ4n) is 2.54. The van der Waals surface area contributed by atoms with Crippen molar-refractivity contribution in [1.82, 2.24) is 4.73 Å². The molecule has 0 spiro atoms. The second-order valence-electron chi connectivity index (χ2n) is 4.59. The SMILES string of the molecule is O=C(O)CCc1cn([O-])c2c1-c1ccccc1NC2. The second kappa shape index (κ2) is 4.35. The summed E-state index contributed by atoms with van der Waals surface area (Å²) in [4.78, 5) is 10.7. The number of hydrogen-bond acceptors (Lipinski definition) is 3. The molecular formula is C14H13N2O3-. The van der Waals surface area contributed by atoms with Crippen molar-refractivity contribution >= 4 is 11.7 Å². The van der Waals surface area contributed by atoms with Crippen molar-refractivity contribution in [3.8, 4) is 11.1 Å². The van der Waals surface area contributed by atoms with Gasteiger partial charge < -0.3 is 20.4 Å². The maximum absolute atomic E-state index is 11.9. The van der Waals surface area contributed by atoms with Gasteiger partial charge in [-0.2, -0.15) is 0 Å². The number of benzene rings is 1. The highest BCUT2D eigenvalue weighted by atomic mass is 16.5. The van der Waals surface area contributed by atoms with E-state index in [0.717, 1.165) is 27.1 Å². The molecule has 0 saturated carbocycles. The first-order valence-electron chi connectivity index (χ1n) is 6.12. The number of carboxylic acids is 1. The van der Waals surface area contributed by atoms with Crippen molar-refractivity contribution < 1.29 is 9.90 Å². The van der Waals surface area contributed by atoms with Crippen LogP contribution in [0.3, 0.4) is 0 Å². The van der Waals surface area contributed by atoms with Crippen LogP contribution in [0, 0.1) is 5.21 Å². The lowest BCUT2D eigenvalue weighted by molar-refractivity contribution is -0.136. The summed E-state index contributed by atoms with van der Waals surface area (Å²) >= 11 is 0. The minimum atomic E-state index is -0.852. The first-order chi connectivity index (χ1) is 9.16. The number of nitrogens with one attached hydrogen (secondary N) is 1. The third-order valence-electron chi connectivity index (χ3n) is 3.40. The van der Waals surface area contributed by atoms with E-state index in [2.05, 4.69) is 5.32 Å². The van der Waals surface area contributed by atoms with E-state index in [9.17, 15) is 10.0 Å². The molecule has 0 amide bonds. The fourth-order valence-corrected chi connectivity index (χ4v) is 2.54. The minimum absolute atomic E-state index is 0.0338. The number of rotatable bonds is 3. The Morgan fingerprint density at radius 3 is 3.00 bits per heavy atom. The average molecular weight is 257 g/mol. The van der Waals surface area contributed by atoms with Gasteiger partial charge in [0.15, 0.2) is 0 Å². The van der Waals surface area contributed by atoms with Crippen LogP contribution in [0.2, 0.25) is 0 Å². The van der Waals surface area contributed by atoms with Gasteiger partial charge in [0.1, 0.15) is 0 Å². The molecule has 2 heterocycles. The summed E-state index contributed by atoms with van der Waals surface area (Å²) in [6, 6.07) is 7.76. The van der Waals surface area contributed by atoms with Gasteiger partial charge in [0, 0.05) is 35.1 Å². The van der Waals surface area contributed by atoms with Crippen molar-refractivity contribution in [2.75, 3.05) is 5.32 Å². The Bertz CT molecular complexity index is 646. The van der Waals surface area contributed by atoms with Crippen LogP contribution in [0.15, 0.2) is 30.5 Å². The van der Waals surface area contributed by atoms with E-state index in [-0.39, 0.29) is 6.42 Å². The number of hydrogen-bond donors (Lipinski definition) is 2. The van der Waals surface area contributed by atoms with Gasteiger partial charge >= 0.3 is 5.97 Å². The molecule has 0 atom stereocenters. The summed E-state index contributed by atoms with van der Waals surface area (Å²) in [5.74, 6) is -0.852. The number of carboxylic acid groups (broad SMARTS) is 1. The highest BCUT2D eigenvalue weighted by molar-refractivity contribution is 5.84. The van der Waals surface area contributed by atoms with Crippen molar-refractivity contribution in [3.63, 3.8) is 0 Å². The van der Waals surface area contributed by atoms with E-state index in [4.69, 9.17) is 5.11 Å². The zero-order chi connectivity index (χ0) is 13.4. The van der Waals surface area contributed by atoms with Gasteiger partial charge in [-0.25, -0.2) is 0 Å². The Kier molecular flexibility index (Phi) is 2.67. The van der Waals surface area contributed by atoms with Crippen LogP contribution in [-0.2, 0) is 17.8 Å². The fraction of sp³-hybridized carbons (Fsp3) is 0.214. The lowest BCUT2D eigenvalue weighted by atomic mass is 9.95. The van der Waals surface area contributed by atoms with E-state index >= 15 is 0 Å². The molecule has 2 N–H and O–H groups in total. The first kappa shape index (κ1) is 11.6. The van der Waals surface area contributed by atoms with Crippen molar-refractivity contribution in [2.45, 2.75) is 19.4 Å². The number of fused-ring (bicyclic) bond motifs is 3. The minimum Gasteiger partial charge on any atom is -0.806 e. The molecule has 0 aliphatic carbocycles. The Morgan fingerprint density at radius 1 is 1.42 bits per heavy atom. The predicted octanol–water partition coefficient (Wildman–Crippen LogP) is 2.44. The molecule has 1 aliphatic heterocycles. The number of aryl methyl sites for hydroxylation is 1. The van der Waals surface area contributed by atoms with Crippen molar-refractivity contribution in [1.29, 1.82) is 0 Å². The third-order valence-corrected chi connectivity index (χ3v) is 3.40. The van der Waals surface area contributed by atoms with Crippen LogP contribution in [0.4, 0.5) is 5.69 Å². The van der Waals surface area contributed by atoms with E-state index in [1.807, 2.05) is 24.3 Å². The van der Waals surface area contributed by atoms with Crippen molar-refractivity contribution in [3.05, 3.63) is 46.9 Å². The molecule has 98 valence electrons. The molecule has 0 bridgehead atoms. The maximum Gasteiger partial charge on any atom is 0.303 e. The monoisotopic (exact) mass is 257 g/mol. The number of nitrogens with zero attached hydrogens (tertiary/aromatic N) is 1. The Balaban J connectivity index is 2.08. The lowest BCUT2D eigenvalue weighted by Gasteiger charge is -2.23. The molecule has 5 heteroatoms. The Hall–Kier alpha value is -2.43. The normalized spacial score (nSPS) is 12.4. The molecule has 0 radical (unpaired) electrons. The molecule has 0 saturated heterocycles. The Labute approximate surface area is 110 Å². The van der Waals surface area contributed by atoms with Crippen LogP contribution in [0.25, 0.3) is 11.1 Å². The van der Waals surface area contributed by atoms with E-state index in [1.165, 1.54) is 6.20 Å². The smallest absolute Gasteiger partial charge is 0.303 e. The predicted molar refractivity (Wildman–Crippen MR) is 71.9 cm³/mol. The number of carbonyl (C=O) groups is 1. The van der Waals surface area contributed by atoms with Crippen LogP contribution >= 0.6 is 0 Å². The molecule has 0 fully saturated rings. The molecule has 3 rings (SSSR count). The molecule has 5 nitrogen and oxygen atoms in total. The molecular weight excluding hydrogens is 244 g/mol. The van der Waals surface area contributed by atoms with E-state index < -0.39 is 5.97 Å². The Morgan fingerprint density at radius 2 is 2.21 bits per heavy atom. The summed E-state index contributed by atoms with van der Waals surface area (Å²) in [6.07, 6.45) is 1.91. The highest BCUT2D eigenvalue weighted by Gasteiger charge is 2.21. The summed E-state index contributed by atoms with van der Waals surface area (Å²) in [5.41, 5.74) is 4.32. The number of para-hydroxylation sites is 1. The first-order valence-corrected chi connectivity index (χ1v) is 6.12. The highest BCUT2D eigenvalue weighted by Crippen LogP contribution is 2.38. The number of aliphatic carboxylic acids is 1. The maximum atomic E-state index is 11.9. The summed E-state index contributed by atoms with van der Waals surface area (Å²) < 4.78 is 0.843. The molecule has 1 aliphatic rings. The molecule has 2 aromatic rings. The summed E-state index contributed by atoms with van der Waals surface area (Å²) in [6.45, 7) is 0.475. The van der Waals surface area contributed by atoms with Crippen LogP contribution < -0.4 is 5.32 Å². The molecule has 19 heavy (non-hydrogen) atoms. The molecule has 1 aromatic carbocycles. The largest absolute Gasteiger partial charge is 0.806 e. The summed E-state index contributed by atoms with van der Waals surface area (Å²) in [7, 11) is 0. The lowest BCUT2D eigenvalue weighted by Crippen LogP contribution is -2.10. The standard InChI is InChI=1S/C14H13N2O3/c17-13(18)6-5-9-8-16(19)12-7-15-11-4-2-1-3-10(11)14(9)12/h1-4,8,15H,5-7H2,(H,17,18)/q-1. The zero-order valence-electron chi connectivity index (χ0n) is 10.2. The average Bonchev–Trinajstić information content (AvgIpc) is 2.73. The van der Waals surface area contributed by atoms with Gasteiger partial charge in [-0.05, 0) is 18.1 Å². The van der Waals surface area contributed by atoms with Crippen LogP contribution in [0.5, 0.6) is 0 Å². The number of anilines is 1. The van der Waals surface area contributed by atoms with Crippen LogP contribution in [-0.4, -0.2) is 15.8 Å². The molecule has 0 unspecified atom stereocenters. The quantitative estimate of drug-likeness (QED) is 0.885.